The van der Waals surface area contributed by atoms with Crippen LogP contribution in [0, 0.1) is 13.8 Å². The number of para-hydroxylation sites is 1. The molecule has 0 aliphatic carbocycles. The van der Waals surface area contributed by atoms with Gasteiger partial charge in [-0.2, -0.15) is 5.10 Å². The van der Waals surface area contributed by atoms with Crippen molar-refractivity contribution in [2.24, 2.45) is 7.05 Å². The predicted molar refractivity (Wildman–Crippen MR) is 95.8 cm³/mol. The quantitative estimate of drug-likeness (QED) is 0.680. The molecule has 2 heterocycles. The van der Waals surface area contributed by atoms with Crippen LogP contribution >= 0.6 is 11.8 Å². The Kier molecular flexibility index (Phi) is 5.13. The minimum Gasteiger partial charge on any atom is -0.323 e. The molecule has 1 N–H and O–H groups in total. The minimum atomic E-state index is -0.0542. The Bertz CT molecular complexity index is 872. The first-order valence-corrected chi connectivity index (χ1v) is 8.81. The largest absolute Gasteiger partial charge is 0.323 e. The van der Waals surface area contributed by atoms with E-state index in [1.54, 1.807) is 11.7 Å². The number of rotatable bonds is 6. The van der Waals surface area contributed by atoms with Crippen molar-refractivity contribution >= 4 is 23.4 Å². The summed E-state index contributed by atoms with van der Waals surface area (Å²) in [6.07, 6.45) is 0.368. The van der Waals surface area contributed by atoms with Gasteiger partial charge in [-0.3, -0.25) is 4.79 Å². The summed E-state index contributed by atoms with van der Waals surface area (Å²) in [5.74, 6) is 0.548. The van der Waals surface area contributed by atoms with Crippen molar-refractivity contribution in [3.8, 4) is 5.69 Å². The number of carbonyl (C=O) groups excluding carboxylic acids is 1. The maximum Gasteiger partial charge on any atom is 0.225 e. The van der Waals surface area contributed by atoms with E-state index in [2.05, 4.69) is 25.9 Å². The molecule has 130 valence electrons. The number of aromatic nitrogens is 6. The molecule has 8 nitrogen and oxygen atoms in total. The fourth-order valence-corrected chi connectivity index (χ4v) is 3.21. The monoisotopic (exact) mass is 357 g/mol. The maximum atomic E-state index is 12.3. The second-order valence-electron chi connectivity index (χ2n) is 5.52. The van der Waals surface area contributed by atoms with Crippen molar-refractivity contribution in [1.29, 1.82) is 0 Å². The van der Waals surface area contributed by atoms with Gasteiger partial charge in [0, 0.05) is 19.2 Å². The van der Waals surface area contributed by atoms with Crippen LogP contribution in [0.5, 0.6) is 0 Å². The van der Waals surface area contributed by atoms with Crippen LogP contribution in [0.1, 0.15) is 17.8 Å². The lowest BCUT2D eigenvalue weighted by atomic mass is 10.3. The molecule has 0 atom stereocenters. The molecule has 0 radical (unpaired) electrons. The number of carbonyl (C=O) groups is 1. The van der Waals surface area contributed by atoms with Crippen molar-refractivity contribution in [3.63, 3.8) is 0 Å². The number of anilines is 1. The molecule has 0 fully saturated rings. The Morgan fingerprint density at radius 3 is 2.68 bits per heavy atom. The van der Waals surface area contributed by atoms with Crippen LogP contribution in [-0.4, -0.2) is 41.6 Å². The highest BCUT2D eigenvalue weighted by Gasteiger charge is 2.15. The third kappa shape index (κ3) is 3.87. The van der Waals surface area contributed by atoms with Gasteiger partial charge in [-0.15, -0.1) is 5.10 Å². The number of nitrogens with zero attached hydrogens (tertiary/aromatic N) is 6. The molecule has 0 unspecified atom stereocenters. The van der Waals surface area contributed by atoms with E-state index in [4.69, 9.17) is 0 Å². The van der Waals surface area contributed by atoms with Crippen LogP contribution in [-0.2, 0) is 11.8 Å². The van der Waals surface area contributed by atoms with Gasteiger partial charge in [-0.05, 0) is 36.4 Å². The van der Waals surface area contributed by atoms with Crippen LogP contribution in [0.2, 0.25) is 0 Å². The third-order valence-corrected chi connectivity index (χ3v) is 4.71. The molecule has 0 saturated heterocycles. The van der Waals surface area contributed by atoms with E-state index < -0.39 is 0 Å². The van der Waals surface area contributed by atoms with Crippen LogP contribution in [0.4, 0.5) is 5.69 Å². The van der Waals surface area contributed by atoms with Crippen LogP contribution < -0.4 is 5.32 Å². The first kappa shape index (κ1) is 17.2. The lowest BCUT2D eigenvalue weighted by Crippen LogP contribution is -2.13. The topological polar surface area (TPSA) is 90.5 Å². The van der Waals surface area contributed by atoms with E-state index in [9.17, 15) is 4.79 Å². The molecule has 0 spiro atoms. The Morgan fingerprint density at radius 2 is 2.00 bits per heavy atom. The van der Waals surface area contributed by atoms with Gasteiger partial charge in [0.05, 0.1) is 22.8 Å². The van der Waals surface area contributed by atoms with Gasteiger partial charge in [-0.1, -0.05) is 30.0 Å². The van der Waals surface area contributed by atoms with E-state index >= 15 is 0 Å². The number of hydrogen-bond acceptors (Lipinski definition) is 6. The fourth-order valence-electron chi connectivity index (χ4n) is 2.42. The number of tetrazole rings is 1. The number of benzene rings is 1. The molecular formula is C16H19N7OS. The van der Waals surface area contributed by atoms with Crippen molar-refractivity contribution in [2.45, 2.75) is 25.4 Å². The highest BCUT2D eigenvalue weighted by molar-refractivity contribution is 7.99. The summed E-state index contributed by atoms with van der Waals surface area (Å²) in [6, 6.07) is 9.85. The first-order valence-electron chi connectivity index (χ1n) is 7.83. The molecule has 0 saturated carbocycles. The molecule has 3 rings (SSSR count). The second kappa shape index (κ2) is 7.47. The summed E-state index contributed by atoms with van der Waals surface area (Å²) in [5, 5.41) is 19.4. The molecule has 2 aromatic heterocycles. The number of aryl methyl sites for hydroxylation is 2. The Hall–Kier alpha value is -2.68. The van der Waals surface area contributed by atoms with Gasteiger partial charge in [0.25, 0.3) is 0 Å². The number of hydrogen-bond donors (Lipinski definition) is 1. The van der Waals surface area contributed by atoms with Crippen LogP contribution in [0.15, 0.2) is 35.5 Å². The molecule has 0 bridgehead atoms. The summed E-state index contributed by atoms with van der Waals surface area (Å²) in [7, 11) is 1.77. The van der Waals surface area contributed by atoms with Gasteiger partial charge >= 0.3 is 0 Å². The van der Waals surface area contributed by atoms with Crippen molar-refractivity contribution in [3.05, 3.63) is 41.7 Å². The van der Waals surface area contributed by atoms with E-state index in [-0.39, 0.29) is 5.91 Å². The van der Waals surface area contributed by atoms with E-state index in [0.29, 0.717) is 17.3 Å². The zero-order valence-electron chi connectivity index (χ0n) is 14.3. The first-order chi connectivity index (χ1) is 12.1. The van der Waals surface area contributed by atoms with Gasteiger partial charge in [0.1, 0.15) is 0 Å². The maximum absolute atomic E-state index is 12.3. The normalized spacial score (nSPS) is 10.8. The molecule has 3 aromatic rings. The average Bonchev–Trinajstić information content (AvgIpc) is 3.14. The summed E-state index contributed by atoms with van der Waals surface area (Å²) in [4.78, 5) is 12.3. The molecule has 9 heteroatoms. The molecule has 25 heavy (non-hydrogen) atoms. The lowest BCUT2D eigenvalue weighted by molar-refractivity contribution is -0.115. The molecule has 0 aliphatic rings. The summed E-state index contributed by atoms with van der Waals surface area (Å²) in [5.41, 5.74) is 3.43. The van der Waals surface area contributed by atoms with Crippen molar-refractivity contribution in [1.82, 2.24) is 30.0 Å². The molecular weight excluding hydrogens is 338 g/mol. The Balaban J connectivity index is 1.63. The zero-order chi connectivity index (χ0) is 17.8. The summed E-state index contributed by atoms with van der Waals surface area (Å²) < 4.78 is 3.42. The summed E-state index contributed by atoms with van der Waals surface area (Å²) >= 11 is 1.45. The lowest BCUT2D eigenvalue weighted by Gasteiger charge is -2.07. The minimum absolute atomic E-state index is 0.0542. The molecule has 0 aliphatic heterocycles. The molecule has 1 amide bonds. The van der Waals surface area contributed by atoms with Crippen LogP contribution in [0.3, 0.4) is 0 Å². The highest BCUT2D eigenvalue weighted by Crippen LogP contribution is 2.23. The third-order valence-electron chi connectivity index (χ3n) is 3.70. The number of amides is 1. The molecule has 1 aromatic carbocycles. The van der Waals surface area contributed by atoms with Gasteiger partial charge in [0.2, 0.25) is 11.1 Å². The van der Waals surface area contributed by atoms with E-state index in [1.807, 2.05) is 48.9 Å². The fraction of sp³-hybridized carbons (Fsp3) is 0.312. The Morgan fingerprint density at radius 1 is 1.24 bits per heavy atom. The highest BCUT2D eigenvalue weighted by atomic mass is 32.2. The number of thioether (sulfide) groups is 1. The second-order valence-corrected chi connectivity index (χ2v) is 6.59. The predicted octanol–water partition coefficient (Wildman–Crippen LogP) is 2.13. The van der Waals surface area contributed by atoms with E-state index in [1.165, 1.54) is 11.8 Å². The number of nitrogens with one attached hydrogen (secondary N) is 1. The smallest absolute Gasteiger partial charge is 0.225 e. The van der Waals surface area contributed by atoms with Crippen molar-refractivity contribution in [2.75, 3.05) is 11.1 Å². The SMILES string of the molecule is Cc1nn(-c2ccccc2)c(C)c1NC(=O)CCSc1nnnn1C. The van der Waals surface area contributed by atoms with Gasteiger partial charge in [0.15, 0.2) is 0 Å². The van der Waals surface area contributed by atoms with Gasteiger partial charge in [-0.25, -0.2) is 9.36 Å². The van der Waals surface area contributed by atoms with Gasteiger partial charge < -0.3 is 5.32 Å². The summed E-state index contributed by atoms with van der Waals surface area (Å²) in [6.45, 7) is 3.84. The Labute approximate surface area is 149 Å². The zero-order valence-corrected chi connectivity index (χ0v) is 15.1. The standard InChI is InChI=1S/C16H19N7OS/c1-11-15(12(2)23(19-11)13-7-5-4-6-8-13)17-14(24)9-10-25-16-18-20-21-22(16)3/h4-8H,9-10H2,1-3H3,(H,17,24). The van der Waals surface area contributed by atoms with Crippen LogP contribution in [0.25, 0.3) is 5.69 Å². The average molecular weight is 357 g/mol. The van der Waals surface area contributed by atoms with Crippen molar-refractivity contribution < 1.29 is 4.79 Å². The van der Waals surface area contributed by atoms with E-state index in [0.717, 1.165) is 22.8 Å².